The van der Waals surface area contributed by atoms with Crippen molar-refractivity contribution in [3.05, 3.63) is 29.8 Å². The van der Waals surface area contributed by atoms with Gasteiger partial charge in [0.25, 0.3) is 5.91 Å². The van der Waals surface area contributed by atoms with Crippen molar-refractivity contribution in [3.63, 3.8) is 0 Å². The number of carbonyl (C=O) groups excluding carboxylic acids is 2. The molecule has 0 bridgehead atoms. The Morgan fingerprint density at radius 1 is 1.29 bits per heavy atom. The minimum atomic E-state index is -1.43. The van der Waals surface area contributed by atoms with Crippen LogP contribution in [0, 0.1) is 11.3 Å². The number of aldehydes is 1. The van der Waals surface area contributed by atoms with Gasteiger partial charge in [-0.2, -0.15) is 0 Å². The van der Waals surface area contributed by atoms with Gasteiger partial charge in [-0.15, -0.1) is 11.8 Å². The average Bonchev–Trinajstić information content (AvgIpc) is 2.88. The SMILES string of the molecule is CCC1(C(=O)O)C(NC(=O)COc2cccc(C=O)c2)SC(C)(C(=O)O)C1C. The van der Waals surface area contributed by atoms with E-state index in [1.165, 1.54) is 13.0 Å². The van der Waals surface area contributed by atoms with Crippen molar-refractivity contribution in [2.45, 2.75) is 37.3 Å². The Morgan fingerprint density at radius 2 is 1.96 bits per heavy atom. The molecule has 1 aliphatic rings. The molecule has 1 saturated heterocycles. The normalized spacial score (nSPS) is 29.1. The minimum absolute atomic E-state index is 0.159. The van der Waals surface area contributed by atoms with Crippen molar-refractivity contribution in [2.75, 3.05) is 6.61 Å². The molecule has 1 amide bonds. The molecule has 0 radical (unpaired) electrons. The standard InChI is InChI=1S/C19H23NO7S/c1-4-19(17(25)26)11(2)18(3,16(23)24)28-15(19)20-14(22)10-27-13-7-5-6-12(8-13)9-21/h5-9,11,15H,4,10H2,1-3H3,(H,20,22)(H,23,24)(H,25,26). The highest BCUT2D eigenvalue weighted by Crippen LogP contribution is 2.58. The van der Waals surface area contributed by atoms with E-state index in [1.54, 1.807) is 32.0 Å². The number of rotatable bonds is 8. The summed E-state index contributed by atoms with van der Waals surface area (Å²) in [6.07, 6.45) is 0.811. The Balaban J connectivity index is 2.17. The number of ether oxygens (including phenoxy) is 1. The topological polar surface area (TPSA) is 130 Å². The molecule has 0 aliphatic carbocycles. The number of nitrogens with one attached hydrogen (secondary N) is 1. The lowest BCUT2D eigenvalue weighted by Crippen LogP contribution is -2.52. The Hall–Kier alpha value is -2.55. The van der Waals surface area contributed by atoms with E-state index < -0.39 is 45.9 Å². The maximum absolute atomic E-state index is 12.4. The summed E-state index contributed by atoms with van der Waals surface area (Å²) < 4.78 is 4.01. The highest BCUT2D eigenvalue weighted by molar-refractivity contribution is 8.02. The van der Waals surface area contributed by atoms with Crippen LogP contribution >= 0.6 is 11.8 Å². The summed E-state index contributed by atoms with van der Waals surface area (Å²) >= 11 is 0.931. The summed E-state index contributed by atoms with van der Waals surface area (Å²) in [4.78, 5) is 47.1. The van der Waals surface area contributed by atoms with Crippen LogP contribution in [0.25, 0.3) is 0 Å². The molecule has 4 atom stereocenters. The van der Waals surface area contributed by atoms with Gasteiger partial charge in [0.05, 0.1) is 5.37 Å². The van der Waals surface area contributed by atoms with E-state index >= 15 is 0 Å². The molecule has 8 nitrogen and oxygen atoms in total. The van der Waals surface area contributed by atoms with Gasteiger partial charge in [0.2, 0.25) is 0 Å². The number of hydrogen-bond acceptors (Lipinski definition) is 6. The van der Waals surface area contributed by atoms with Crippen molar-refractivity contribution < 1.29 is 34.1 Å². The summed E-state index contributed by atoms with van der Waals surface area (Å²) in [6, 6.07) is 6.26. The van der Waals surface area contributed by atoms with Gasteiger partial charge in [0.1, 0.15) is 22.2 Å². The smallest absolute Gasteiger partial charge is 0.319 e. The molecule has 152 valence electrons. The Morgan fingerprint density at radius 3 is 2.50 bits per heavy atom. The molecule has 9 heteroatoms. The molecule has 0 saturated carbocycles. The van der Waals surface area contributed by atoms with Gasteiger partial charge in [0.15, 0.2) is 6.61 Å². The minimum Gasteiger partial charge on any atom is -0.484 e. The number of carboxylic acid groups (broad SMARTS) is 2. The molecule has 1 aromatic rings. The third kappa shape index (κ3) is 3.71. The van der Waals surface area contributed by atoms with Crippen molar-refractivity contribution in [2.24, 2.45) is 11.3 Å². The third-order valence-electron chi connectivity index (χ3n) is 5.49. The molecule has 0 aromatic heterocycles. The van der Waals surface area contributed by atoms with E-state index in [2.05, 4.69) is 5.32 Å². The molecule has 1 heterocycles. The van der Waals surface area contributed by atoms with Gasteiger partial charge in [-0.05, 0) is 25.5 Å². The van der Waals surface area contributed by atoms with Crippen molar-refractivity contribution in [1.29, 1.82) is 0 Å². The molecule has 2 rings (SSSR count). The largest absolute Gasteiger partial charge is 0.484 e. The van der Waals surface area contributed by atoms with E-state index in [9.17, 15) is 29.4 Å². The van der Waals surface area contributed by atoms with Gasteiger partial charge in [-0.1, -0.05) is 26.0 Å². The first-order valence-electron chi connectivity index (χ1n) is 8.73. The van der Waals surface area contributed by atoms with Crippen LogP contribution in [-0.2, 0) is 14.4 Å². The fourth-order valence-corrected chi connectivity index (χ4v) is 5.40. The van der Waals surface area contributed by atoms with E-state index in [0.29, 0.717) is 17.6 Å². The molecule has 3 N–H and O–H groups in total. The van der Waals surface area contributed by atoms with Gasteiger partial charge < -0.3 is 20.3 Å². The fourth-order valence-electron chi connectivity index (χ4n) is 3.52. The van der Waals surface area contributed by atoms with Crippen molar-refractivity contribution >= 4 is 35.9 Å². The fraction of sp³-hybridized carbons (Fsp3) is 0.474. The summed E-state index contributed by atoms with van der Waals surface area (Å²) in [5, 5.41) is 21.2. The first-order chi connectivity index (χ1) is 13.1. The van der Waals surface area contributed by atoms with Crippen LogP contribution in [0.3, 0.4) is 0 Å². The van der Waals surface area contributed by atoms with Crippen LogP contribution in [0.15, 0.2) is 24.3 Å². The van der Waals surface area contributed by atoms with Crippen LogP contribution in [0.4, 0.5) is 0 Å². The quantitative estimate of drug-likeness (QED) is 0.556. The highest BCUT2D eigenvalue weighted by Gasteiger charge is 2.65. The average molecular weight is 409 g/mol. The molecule has 1 fully saturated rings. The number of aliphatic carboxylic acids is 2. The maximum Gasteiger partial charge on any atom is 0.319 e. The number of thioether (sulfide) groups is 1. The van der Waals surface area contributed by atoms with Crippen LogP contribution in [0.2, 0.25) is 0 Å². The predicted octanol–water partition coefficient (Wildman–Crippen LogP) is 2.03. The second kappa shape index (κ2) is 8.22. The monoisotopic (exact) mass is 409 g/mol. The molecule has 28 heavy (non-hydrogen) atoms. The lowest BCUT2D eigenvalue weighted by atomic mass is 9.68. The maximum atomic E-state index is 12.4. The van der Waals surface area contributed by atoms with E-state index in [4.69, 9.17) is 4.74 Å². The Labute approximate surface area is 166 Å². The van der Waals surface area contributed by atoms with E-state index in [0.717, 1.165) is 11.8 Å². The zero-order chi connectivity index (χ0) is 21.1. The summed E-state index contributed by atoms with van der Waals surface area (Å²) in [6.45, 7) is 4.34. The van der Waals surface area contributed by atoms with Gasteiger partial charge in [-0.3, -0.25) is 19.2 Å². The van der Waals surface area contributed by atoms with Gasteiger partial charge in [-0.25, -0.2) is 0 Å². The van der Waals surface area contributed by atoms with Crippen LogP contribution in [-0.4, -0.2) is 51.1 Å². The Kier molecular flexibility index (Phi) is 6.38. The first kappa shape index (κ1) is 21.7. The van der Waals surface area contributed by atoms with Crippen LogP contribution in [0.1, 0.15) is 37.6 Å². The zero-order valence-electron chi connectivity index (χ0n) is 15.8. The number of hydrogen-bond donors (Lipinski definition) is 3. The van der Waals surface area contributed by atoms with Crippen molar-refractivity contribution in [3.8, 4) is 5.75 Å². The van der Waals surface area contributed by atoms with Crippen LogP contribution < -0.4 is 10.1 Å². The number of benzene rings is 1. The van der Waals surface area contributed by atoms with E-state index in [1.807, 2.05) is 0 Å². The second-order valence-electron chi connectivity index (χ2n) is 6.88. The number of amides is 1. The van der Waals surface area contributed by atoms with Gasteiger partial charge in [0, 0.05) is 11.5 Å². The van der Waals surface area contributed by atoms with E-state index in [-0.39, 0.29) is 6.42 Å². The van der Waals surface area contributed by atoms with Crippen LogP contribution in [0.5, 0.6) is 5.75 Å². The number of carboxylic acids is 2. The lowest BCUT2D eigenvalue weighted by Gasteiger charge is -2.34. The molecule has 0 spiro atoms. The predicted molar refractivity (Wildman–Crippen MR) is 102 cm³/mol. The first-order valence-corrected chi connectivity index (χ1v) is 9.61. The third-order valence-corrected chi connectivity index (χ3v) is 7.29. The highest BCUT2D eigenvalue weighted by atomic mass is 32.2. The molecular weight excluding hydrogens is 386 g/mol. The summed E-state index contributed by atoms with van der Waals surface area (Å²) in [5.74, 6) is -3.24. The lowest BCUT2D eigenvalue weighted by molar-refractivity contribution is -0.155. The number of carbonyl (C=O) groups is 4. The second-order valence-corrected chi connectivity index (χ2v) is 8.43. The molecule has 1 aliphatic heterocycles. The summed E-state index contributed by atoms with van der Waals surface area (Å²) in [5.41, 5.74) is -1.03. The zero-order valence-corrected chi connectivity index (χ0v) is 16.6. The van der Waals surface area contributed by atoms with Gasteiger partial charge >= 0.3 is 11.9 Å². The summed E-state index contributed by atoms with van der Waals surface area (Å²) in [7, 11) is 0. The van der Waals surface area contributed by atoms with Crippen molar-refractivity contribution in [1.82, 2.24) is 5.32 Å². The molecule has 4 unspecified atom stereocenters. The molecular formula is C19H23NO7S. The molecule has 1 aromatic carbocycles. The Bertz CT molecular complexity index is 798.